The highest BCUT2D eigenvalue weighted by molar-refractivity contribution is 7.18. The van der Waals surface area contributed by atoms with Crippen LogP contribution in [0.15, 0.2) is 18.2 Å². The van der Waals surface area contributed by atoms with Crippen LogP contribution in [0.3, 0.4) is 0 Å². The predicted octanol–water partition coefficient (Wildman–Crippen LogP) is 4.07. The molecule has 1 N–H and O–H groups in total. The highest BCUT2D eigenvalue weighted by atomic mass is 32.1. The van der Waals surface area contributed by atoms with E-state index in [0.717, 1.165) is 11.3 Å². The molecule has 9 heteroatoms. The van der Waals surface area contributed by atoms with Crippen molar-refractivity contribution in [1.82, 2.24) is 0 Å². The molecule has 2 aromatic rings. The first-order valence-corrected chi connectivity index (χ1v) is 10.1. The Morgan fingerprint density at radius 1 is 1.03 bits per heavy atom. The van der Waals surface area contributed by atoms with E-state index in [1.165, 1.54) is 26.4 Å². The molecule has 1 aromatic carbocycles. The average molecular weight is 435 g/mol. The van der Waals surface area contributed by atoms with Gasteiger partial charge in [-0.05, 0) is 45.4 Å². The highest BCUT2D eigenvalue weighted by Gasteiger charge is 2.28. The Bertz CT molecular complexity index is 927. The standard InChI is InChI=1S/C21H25NO7S/c1-7-28-20(24)16-12(4)17(21(25)29-11(2)3)30-19(16)22-18(23)13-8-14(26-5)10-15(9-13)27-6/h8-11H,7H2,1-6H3,(H,22,23). The summed E-state index contributed by atoms with van der Waals surface area (Å²) in [4.78, 5) is 38.0. The van der Waals surface area contributed by atoms with Gasteiger partial charge in [-0.25, -0.2) is 9.59 Å². The summed E-state index contributed by atoms with van der Waals surface area (Å²) in [6.07, 6.45) is -0.327. The lowest BCUT2D eigenvalue weighted by Crippen LogP contribution is -2.15. The number of anilines is 1. The molecule has 1 amide bonds. The van der Waals surface area contributed by atoms with Gasteiger partial charge in [-0.3, -0.25) is 4.79 Å². The van der Waals surface area contributed by atoms with Crippen LogP contribution in [-0.4, -0.2) is 44.8 Å². The van der Waals surface area contributed by atoms with E-state index in [1.807, 2.05) is 0 Å². The number of amides is 1. The Labute approximate surface area is 179 Å². The van der Waals surface area contributed by atoms with Gasteiger partial charge in [0, 0.05) is 11.6 Å². The Kier molecular flexibility index (Phi) is 7.82. The minimum absolute atomic E-state index is 0.126. The number of methoxy groups -OCH3 is 2. The fourth-order valence-corrected chi connectivity index (χ4v) is 3.70. The van der Waals surface area contributed by atoms with Crippen LogP contribution in [0, 0.1) is 6.92 Å². The van der Waals surface area contributed by atoms with Crippen molar-refractivity contribution in [2.75, 3.05) is 26.1 Å². The minimum atomic E-state index is -0.631. The summed E-state index contributed by atoms with van der Waals surface area (Å²) in [5.74, 6) is -0.819. The molecule has 1 aromatic heterocycles. The van der Waals surface area contributed by atoms with Gasteiger partial charge >= 0.3 is 11.9 Å². The lowest BCUT2D eigenvalue weighted by atomic mass is 10.1. The maximum absolute atomic E-state index is 12.9. The zero-order valence-electron chi connectivity index (χ0n) is 17.8. The third-order valence-corrected chi connectivity index (χ3v) is 5.18. The van der Waals surface area contributed by atoms with Crippen molar-refractivity contribution in [1.29, 1.82) is 0 Å². The molecule has 8 nitrogen and oxygen atoms in total. The largest absolute Gasteiger partial charge is 0.497 e. The topological polar surface area (TPSA) is 100 Å². The van der Waals surface area contributed by atoms with E-state index >= 15 is 0 Å². The van der Waals surface area contributed by atoms with Crippen LogP contribution in [0.25, 0.3) is 0 Å². The van der Waals surface area contributed by atoms with Crippen LogP contribution in [0.4, 0.5) is 5.00 Å². The molecule has 1 heterocycles. The number of hydrogen-bond donors (Lipinski definition) is 1. The van der Waals surface area contributed by atoms with Gasteiger partial charge in [0.05, 0.1) is 32.5 Å². The molecule has 0 bridgehead atoms. The number of hydrogen-bond acceptors (Lipinski definition) is 8. The zero-order chi connectivity index (χ0) is 22.4. The SMILES string of the molecule is CCOC(=O)c1c(NC(=O)c2cc(OC)cc(OC)c2)sc(C(=O)OC(C)C)c1C. The molecule has 0 radical (unpaired) electrons. The molecule has 0 unspecified atom stereocenters. The summed E-state index contributed by atoms with van der Waals surface area (Å²) in [6, 6.07) is 4.71. The quantitative estimate of drug-likeness (QED) is 0.624. The fraction of sp³-hybridized carbons (Fsp3) is 0.381. The lowest BCUT2D eigenvalue weighted by molar-refractivity contribution is 0.0383. The van der Waals surface area contributed by atoms with Crippen LogP contribution in [0.5, 0.6) is 11.5 Å². The first kappa shape index (κ1) is 23.2. The second-order valence-electron chi connectivity index (χ2n) is 6.49. The fourth-order valence-electron chi connectivity index (χ4n) is 2.63. The highest BCUT2D eigenvalue weighted by Crippen LogP contribution is 2.35. The van der Waals surface area contributed by atoms with E-state index in [1.54, 1.807) is 33.8 Å². The van der Waals surface area contributed by atoms with E-state index in [-0.39, 0.29) is 33.7 Å². The third-order valence-electron chi connectivity index (χ3n) is 4.00. The van der Waals surface area contributed by atoms with Gasteiger partial charge in [0.25, 0.3) is 5.91 Å². The van der Waals surface area contributed by atoms with Crippen molar-refractivity contribution in [3.63, 3.8) is 0 Å². The lowest BCUT2D eigenvalue weighted by Gasteiger charge is -2.10. The number of rotatable bonds is 8. The molecule has 0 fully saturated rings. The molecule has 0 atom stereocenters. The second kappa shape index (κ2) is 10.1. The van der Waals surface area contributed by atoms with Gasteiger partial charge in [-0.1, -0.05) is 0 Å². The average Bonchev–Trinajstić information content (AvgIpc) is 3.03. The number of nitrogens with one attached hydrogen (secondary N) is 1. The van der Waals surface area contributed by atoms with Gasteiger partial charge in [-0.2, -0.15) is 0 Å². The maximum Gasteiger partial charge on any atom is 0.348 e. The van der Waals surface area contributed by atoms with Crippen molar-refractivity contribution in [2.24, 2.45) is 0 Å². The van der Waals surface area contributed by atoms with Crippen LogP contribution >= 0.6 is 11.3 Å². The number of carbonyl (C=O) groups excluding carboxylic acids is 3. The van der Waals surface area contributed by atoms with Crippen LogP contribution in [0.1, 0.15) is 56.7 Å². The smallest absolute Gasteiger partial charge is 0.348 e. The summed E-state index contributed by atoms with van der Waals surface area (Å²) < 4.78 is 20.7. The Morgan fingerprint density at radius 3 is 2.13 bits per heavy atom. The van der Waals surface area contributed by atoms with Crippen molar-refractivity contribution < 1.29 is 33.3 Å². The number of esters is 2. The molecule has 0 saturated heterocycles. The van der Waals surface area contributed by atoms with Gasteiger partial charge in [0.1, 0.15) is 21.4 Å². The van der Waals surface area contributed by atoms with E-state index in [9.17, 15) is 14.4 Å². The van der Waals surface area contributed by atoms with Crippen molar-refractivity contribution in [2.45, 2.75) is 33.8 Å². The first-order valence-electron chi connectivity index (χ1n) is 9.27. The molecule has 0 aliphatic carbocycles. The monoisotopic (exact) mass is 435 g/mol. The van der Waals surface area contributed by atoms with Crippen molar-refractivity contribution >= 4 is 34.2 Å². The Balaban J connectivity index is 2.45. The van der Waals surface area contributed by atoms with Gasteiger partial charge in [0.2, 0.25) is 0 Å². The summed E-state index contributed by atoms with van der Waals surface area (Å²) in [5.41, 5.74) is 0.779. The van der Waals surface area contributed by atoms with Crippen LogP contribution < -0.4 is 14.8 Å². The Morgan fingerprint density at radius 2 is 1.63 bits per heavy atom. The van der Waals surface area contributed by atoms with Gasteiger partial charge in [-0.15, -0.1) is 11.3 Å². The van der Waals surface area contributed by atoms with Crippen molar-refractivity contribution in [3.8, 4) is 11.5 Å². The number of carbonyl (C=O) groups is 3. The van der Waals surface area contributed by atoms with Gasteiger partial charge in [0.15, 0.2) is 0 Å². The van der Waals surface area contributed by atoms with E-state index in [2.05, 4.69) is 5.32 Å². The molecule has 2 rings (SSSR count). The first-order chi connectivity index (χ1) is 14.2. The molecule has 30 heavy (non-hydrogen) atoms. The zero-order valence-corrected chi connectivity index (χ0v) is 18.6. The second-order valence-corrected chi connectivity index (χ2v) is 7.51. The number of thiophene rings is 1. The van der Waals surface area contributed by atoms with E-state index in [4.69, 9.17) is 18.9 Å². The van der Waals surface area contributed by atoms with E-state index in [0.29, 0.717) is 17.1 Å². The van der Waals surface area contributed by atoms with Crippen molar-refractivity contribution in [3.05, 3.63) is 39.8 Å². The molecular weight excluding hydrogens is 410 g/mol. The van der Waals surface area contributed by atoms with Gasteiger partial charge < -0.3 is 24.3 Å². The summed E-state index contributed by atoms with van der Waals surface area (Å²) in [5, 5.41) is 2.90. The molecule has 0 aliphatic heterocycles. The van der Waals surface area contributed by atoms with Crippen LogP contribution in [0.2, 0.25) is 0 Å². The van der Waals surface area contributed by atoms with Crippen LogP contribution in [-0.2, 0) is 9.47 Å². The predicted molar refractivity (Wildman–Crippen MR) is 113 cm³/mol. The molecule has 162 valence electrons. The maximum atomic E-state index is 12.9. The summed E-state index contributed by atoms with van der Waals surface area (Å²) >= 11 is 0.963. The Hall–Kier alpha value is -3.07. The minimum Gasteiger partial charge on any atom is -0.497 e. The number of benzene rings is 1. The molecule has 0 aliphatic rings. The molecule has 0 spiro atoms. The number of ether oxygens (including phenoxy) is 4. The molecule has 0 saturated carbocycles. The molecular formula is C21H25NO7S. The van der Waals surface area contributed by atoms with E-state index < -0.39 is 17.8 Å². The summed E-state index contributed by atoms with van der Waals surface area (Å²) in [7, 11) is 2.95. The summed E-state index contributed by atoms with van der Waals surface area (Å²) in [6.45, 7) is 6.90. The normalized spacial score (nSPS) is 10.5. The third kappa shape index (κ3) is 5.29.